The summed E-state index contributed by atoms with van der Waals surface area (Å²) >= 11 is 11.2. The van der Waals surface area contributed by atoms with E-state index in [9.17, 15) is 29.8 Å². The highest BCUT2D eigenvalue weighted by Gasteiger charge is 2.52. The Labute approximate surface area is 134 Å². The van der Waals surface area contributed by atoms with Crippen molar-refractivity contribution in [3.8, 4) is 0 Å². The second-order valence-corrected chi connectivity index (χ2v) is 5.47. The first-order valence-corrected chi connectivity index (χ1v) is 6.65. The number of nitro groups is 2. The fraction of sp³-hybridized carbons (Fsp3) is 0.800. The number of carbonyl (C=O) groups excluding carboxylic acids is 2. The van der Waals surface area contributed by atoms with Gasteiger partial charge >= 0.3 is 21.9 Å². The van der Waals surface area contributed by atoms with E-state index in [0.29, 0.717) is 0 Å². The molecule has 0 N–H and O–H groups in total. The van der Waals surface area contributed by atoms with Crippen LogP contribution in [-0.2, 0) is 19.1 Å². The summed E-state index contributed by atoms with van der Waals surface area (Å²) in [4.78, 5) is 37.3. The van der Waals surface area contributed by atoms with E-state index in [2.05, 4.69) is 9.47 Å². The molecule has 0 aliphatic heterocycles. The van der Waals surface area contributed by atoms with Crippen molar-refractivity contribution < 1.29 is 28.9 Å². The molecule has 10 nitrogen and oxygen atoms in total. The molecule has 0 unspecified atom stereocenters. The van der Waals surface area contributed by atoms with Crippen LogP contribution in [0.5, 0.6) is 0 Å². The minimum absolute atomic E-state index is 0.0706. The zero-order valence-corrected chi connectivity index (χ0v) is 13.3. The first kappa shape index (κ1) is 20.3. The average molecular weight is 361 g/mol. The highest BCUT2D eigenvalue weighted by atomic mass is 35.5. The molecular weight excluding hydrogens is 347 g/mol. The molecule has 0 fully saturated rings. The largest absolute Gasteiger partial charge is 0.463 e. The van der Waals surface area contributed by atoms with Gasteiger partial charge in [-0.25, -0.2) is 9.59 Å². The highest BCUT2D eigenvalue weighted by molar-refractivity contribution is 6.32. The van der Waals surface area contributed by atoms with Gasteiger partial charge in [0.2, 0.25) is 0 Å². The van der Waals surface area contributed by atoms with E-state index in [0.717, 1.165) is 14.2 Å². The molecule has 0 saturated carbocycles. The van der Waals surface area contributed by atoms with Crippen LogP contribution in [0, 0.1) is 20.2 Å². The van der Waals surface area contributed by atoms with Crippen LogP contribution in [0.25, 0.3) is 0 Å². The maximum absolute atomic E-state index is 11.3. The van der Waals surface area contributed by atoms with Gasteiger partial charge in [0.05, 0.1) is 24.1 Å². The topological polar surface area (TPSA) is 139 Å². The van der Waals surface area contributed by atoms with Crippen LogP contribution in [0.3, 0.4) is 0 Å². The number of halogens is 2. The van der Waals surface area contributed by atoms with Crippen LogP contribution in [0.2, 0.25) is 0 Å². The van der Waals surface area contributed by atoms with Crippen molar-refractivity contribution in [2.45, 2.75) is 35.7 Å². The van der Waals surface area contributed by atoms with Crippen LogP contribution in [0.15, 0.2) is 0 Å². The molecule has 0 heterocycles. The molecule has 0 aliphatic rings. The summed E-state index contributed by atoms with van der Waals surface area (Å²) in [5.41, 5.74) is 0. The van der Waals surface area contributed by atoms with Crippen molar-refractivity contribution in [2.24, 2.45) is 0 Å². The SMILES string of the molecule is COC(=O)[C@](Cl)(CCCC[C@](Cl)(C(=O)OC)[N+](=O)[O-])[N+](=O)[O-]. The Morgan fingerprint density at radius 1 is 0.909 bits per heavy atom. The van der Waals surface area contributed by atoms with Crippen LogP contribution < -0.4 is 0 Å². The Morgan fingerprint density at radius 3 is 1.36 bits per heavy atom. The zero-order chi connectivity index (χ0) is 17.6. The third-order valence-electron chi connectivity index (χ3n) is 2.84. The van der Waals surface area contributed by atoms with E-state index in [1.165, 1.54) is 0 Å². The first-order chi connectivity index (χ1) is 10.1. The van der Waals surface area contributed by atoms with E-state index in [-0.39, 0.29) is 12.8 Å². The van der Waals surface area contributed by atoms with Crippen LogP contribution in [-0.4, -0.2) is 46.0 Å². The highest BCUT2D eigenvalue weighted by Crippen LogP contribution is 2.29. The number of hydrogen-bond donors (Lipinski definition) is 0. The lowest BCUT2D eigenvalue weighted by atomic mass is 10.0. The summed E-state index contributed by atoms with van der Waals surface area (Å²) in [6, 6.07) is 0. The molecule has 12 heteroatoms. The molecule has 0 aromatic rings. The maximum Gasteiger partial charge on any atom is 0.401 e. The van der Waals surface area contributed by atoms with Crippen molar-refractivity contribution in [2.75, 3.05) is 14.2 Å². The molecule has 0 radical (unpaired) electrons. The van der Waals surface area contributed by atoms with Crippen molar-refractivity contribution in [3.63, 3.8) is 0 Å². The number of nitrogens with zero attached hydrogens (tertiary/aromatic N) is 2. The predicted molar refractivity (Wildman–Crippen MR) is 73.7 cm³/mol. The third-order valence-corrected chi connectivity index (χ3v) is 3.80. The van der Waals surface area contributed by atoms with E-state index in [1.807, 2.05) is 0 Å². The number of hydrogen-bond acceptors (Lipinski definition) is 8. The monoisotopic (exact) mass is 360 g/mol. The second kappa shape index (κ2) is 8.08. The Kier molecular flexibility index (Phi) is 7.47. The fourth-order valence-electron chi connectivity index (χ4n) is 1.57. The van der Waals surface area contributed by atoms with Gasteiger partial charge in [-0.05, 0) is 36.0 Å². The van der Waals surface area contributed by atoms with Gasteiger partial charge < -0.3 is 9.47 Å². The quantitative estimate of drug-likeness (QED) is 0.150. The van der Waals surface area contributed by atoms with Crippen molar-refractivity contribution in [1.29, 1.82) is 0 Å². The Hall–Kier alpha value is -1.68. The van der Waals surface area contributed by atoms with Gasteiger partial charge in [0.15, 0.2) is 0 Å². The average Bonchev–Trinajstić information content (AvgIpc) is 2.48. The number of methoxy groups -OCH3 is 2. The van der Waals surface area contributed by atoms with Crippen molar-refractivity contribution >= 4 is 35.1 Å². The third kappa shape index (κ3) is 4.41. The molecule has 0 bridgehead atoms. The van der Waals surface area contributed by atoms with Crippen LogP contribution >= 0.6 is 23.2 Å². The van der Waals surface area contributed by atoms with E-state index in [4.69, 9.17) is 23.2 Å². The molecule has 2 atom stereocenters. The van der Waals surface area contributed by atoms with E-state index in [1.54, 1.807) is 0 Å². The van der Waals surface area contributed by atoms with Gasteiger partial charge in [-0.1, -0.05) is 0 Å². The van der Waals surface area contributed by atoms with Crippen molar-refractivity contribution in [3.05, 3.63) is 20.2 Å². The van der Waals surface area contributed by atoms with Crippen LogP contribution in [0.4, 0.5) is 0 Å². The lowest BCUT2D eigenvalue weighted by Gasteiger charge is -2.17. The number of carbonyl (C=O) groups is 2. The molecule has 0 aliphatic carbocycles. The molecule has 0 spiro atoms. The smallest absolute Gasteiger partial charge is 0.401 e. The zero-order valence-electron chi connectivity index (χ0n) is 11.7. The molecular formula is C10H14Cl2N2O8. The van der Waals surface area contributed by atoms with Crippen molar-refractivity contribution in [1.82, 2.24) is 0 Å². The number of esters is 2. The standard InChI is InChI=1S/C10H14Cl2N2O8/c1-21-7(15)9(11,13(17)18)5-3-4-6-10(12,14(19)20)8(16)22-2/h3-6H2,1-2H3/t9-,10+. The Bertz CT molecular complexity index is 432. The summed E-state index contributed by atoms with van der Waals surface area (Å²) in [6.45, 7) is 0. The van der Waals surface area contributed by atoms with E-state index >= 15 is 0 Å². The summed E-state index contributed by atoms with van der Waals surface area (Å²) in [7, 11) is 1.88. The number of ether oxygens (including phenoxy) is 2. The Balaban J connectivity index is 4.76. The molecule has 0 saturated heterocycles. The fourth-order valence-corrected chi connectivity index (χ4v) is 1.99. The molecule has 0 aromatic carbocycles. The molecule has 22 heavy (non-hydrogen) atoms. The molecule has 0 amide bonds. The maximum atomic E-state index is 11.3. The van der Waals surface area contributed by atoms with Crippen LogP contribution in [0.1, 0.15) is 25.7 Å². The normalized spacial score (nSPS) is 16.0. The minimum Gasteiger partial charge on any atom is -0.463 e. The number of unbranched alkanes of at least 4 members (excludes halogenated alkanes) is 1. The molecule has 126 valence electrons. The lowest BCUT2D eigenvalue weighted by Crippen LogP contribution is -2.43. The number of rotatable bonds is 9. The summed E-state index contributed by atoms with van der Waals surface area (Å²) in [6.07, 6.45) is -1.03. The Morgan fingerprint density at radius 2 is 1.18 bits per heavy atom. The first-order valence-electron chi connectivity index (χ1n) is 5.90. The predicted octanol–water partition coefficient (Wildman–Crippen LogP) is 1.32. The van der Waals surface area contributed by atoms with Gasteiger partial charge in [0.25, 0.3) is 0 Å². The van der Waals surface area contributed by atoms with Gasteiger partial charge in [-0.15, -0.1) is 0 Å². The minimum atomic E-state index is -2.48. The van der Waals surface area contributed by atoms with E-state index < -0.39 is 44.6 Å². The number of alkyl halides is 2. The molecule has 0 rings (SSSR count). The van der Waals surface area contributed by atoms with Gasteiger partial charge in [-0.2, -0.15) is 0 Å². The molecule has 0 aromatic heterocycles. The summed E-state index contributed by atoms with van der Waals surface area (Å²) < 4.78 is 8.50. The summed E-state index contributed by atoms with van der Waals surface area (Å²) in [5, 5.41) is 21.7. The summed E-state index contributed by atoms with van der Waals surface area (Å²) in [5.74, 6) is -2.50. The lowest BCUT2D eigenvalue weighted by molar-refractivity contribution is -0.532. The van der Waals surface area contributed by atoms with Gasteiger partial charge in [0.1, 0.15) is 0 Å². The second-order valence-electron chi connectivity index (χ2n) is 4.22. The van der Waals surface area contributed by atoms with Gasteiger partial charge in [-0.3, -0.25) is 20.2 Å². The van der Waals surface area contributed by atoms with Gasteiger partial charge in [0, 0.05) is 12.8 Å².